The maximum absolute atomic E-state index is 12.1. The number of fused-ring (bicyclic) bond motifs is 1. The molecule has 1 aromatic carbocycles. The third-order valence-electron chi connectivity index (χ3n) is 4.28. The zero-order valence-electron chi connectivity index (χ0n) is 14.2. The van der Waals surface area contributed by atoms with Gasteiger partial charge in [-0.1, -0.05) is 55.4 Å². The minimum Gasteiger partial charge on any atom is -0.342 e. The van der Waals surface area contributed by atoms with E-state index in [2.05, 4.69) is 4.99 Å². The van der Waals surface area contributed by atoms with Gasteiger partial charge in [-0.05, 0) is 17.5 Å². The number of hydrogen-bond acceptors (Lipinski definition) is 4. The molecule has 0 aromatic heterocycles. The lowest BCUT2D eigenvalue weighted by atomic mass is 10.1. The van der Waals surface area contributed by atoms with Crippen LogP contribution in [0.3, 0.4) is 0 Å². The van der Waals surface area contributed by atoms with E-state index in [1.165, 1.54) is 11.8 Å². The fourth-order valence-electron chi connectivity index (χ4n) is 3.13. The first-order chi connectivity index (χ1) is 11.7. The Hall–Kier alpha value is -1.05. The minimum absolute atomic E-state index is 0.0712. The van der Waals surface area contributed by atoms with Crippen molar-refractivity contribution in [3.8, 4) is 0 Å². The predicted molar refractivity (Wildman–Crippen MR) is 103 cm³/mol. The minimum atomic E-state index is -3.05. The Morgan fingerprint density at radius 3 is 2.76 bits per heavy atom. The van der Waals surface area contributed by atoms with Gasteiger partial charge < -0.3 is 4.90 Å². The average molecular weight is 401 g/mol. The number of thioether (sulfide) groups is 1. The molecule has 1 amide bonds. The molecule has 2 aliphatic heterocycles. The van der Waals surface area contributed by atoms with E-state index in [1.807, 2.05) is 43.0 Å². The van der Waals surface area contributed by atoms with Crippen molar-refractivity contribution in [1.29, 1.82) is 0 Å². The van der Waals surface area contributed by atoms with Crippen LogP contribution >= 0.6 is 23.4 Å². The number of sulfone groups is 1. The van der Waals surface area contributed by atoms with Gasteiger partial charge in [-0.2, -0.15) is 4.99 Å². The van der Waals surface area contributed by atoms with Crippen LogP contribution in [0, 0.1) is 5.92 Å². The number of nitrogens with zero attached hydrogens (tertiary/aromatic N) is 2. The molecule has 0 bridgehead atoms. The summed E-state index contributed by atoms with van der Waals surface area (Å²) in [5.74, 6) is 0.315. The summed E-state index contributed by atoms with van der Waals surface area (Å²) in [6.45, 7) is 4.41. The van der Waals surface area contributed by atoms with Gasteiger partial charge in [-0.3, -0.25) is 4.79 Å². The normalized spacial score (nSPS) is 26.4. The van der Waals surface area contributed by atoms with Crippen molar-refractivity contribution in [2.24, 2.45) is 10.9 Å². The summed E-state index contributed by atoms with van der Waals surface area (Å²) >= 11 is 7.67. The Morgan fingerprint density at radius 1 is 1.36 bits per heavy atom. The zero-order chi connectivity index (χ0) is 18.2. The lowest BCUT2D eigenvalue weighted by molar-refractivity contribution is -0.118. The van der Waals surface area contributed by atoms with E-state index in [0.717, 1.165) is 5.56 Å². The van der Waals surface area contributed by atoms with E-state index in [4.69, 9.17) is 11.6 Å². The Kier molecular flexibility index (Phi) is 5.46. The first-order valence-corrected chi connectivity index (χ1v) is 11.3. The van der Waals surface area contributed by atoms with Crippen LogP contribution in [0.5, 0.6) is 0 Å². The van der Waals surface area contributed by atoms with Crippen LogP contribution in [-0.2, 0) is 21.2 Å². The van der Waals surface area contributed by atoms with Gasteiger partial charge in [0, 0.05) is 23.2 Å². The number of hydrogen-bond donors (Lipinski definition) is 0. The van der Waals surface area contributed by atoms with Crippen LogP contribution in [0.15, 0.2) is 29.3 Å². The molecule has 0 unspecified atom stereocenters. The van der Waals surface area contributed by atoms with Gasteiger partial charge in [0.25, 0.3) is 0 Å². The Bertz CT molecular complexity index is 808. The number of carbonyl (C=O) groups excluding carboxylic acids is 1. The molecule has 3 rings (SSSR count). The molecule has 2 aliphatic rings. The number of amides is 1. The summed E-state index contributed by atoms with van der Waals surface area (Å²) in [5.41, 5.74) is 0.902. The molecule has 2 fully saturated rings. The summed E-state index contributed by atoms with van der Waals surface area (Å²) in [6, 6.07) is 7.32. The van der Waals surface area contributed by atoms with Crippen molar-refractivity contribution in [2.45, 2.75) is 38.1 Å². The first-order valence-electron chi connectivity index (χ1n) is 8.24. The summed E-state index contributed by atoms with van der Waals surface area (Å²) in [5, 5.41) is 1.18. The molecule has 2 saturated heterocycles. The van der Waals surface area contributed by atoms with Crippen LogP contribution in [0.1, 0.15) is 25.8 Å². The van der Waals surface area contributed by atoms with Crippen LogP contribution in [0.25, 0.3) is 0 Å². The van der Waals surface area contributed by atoms with Crippen LogP contribution in [0.4, 0.5) is 0 Å². The second-order valence-corrected chi connectivity index (χ2v) is 10.7. The highest BCUT2D eigenvalue weighted by Gasteiger charge is 2.48. The van der Waals surface area contributed by atoms with Gasteiger partial charge in [0.15, 0.2) is 15.0 Å². The molecule has 1 aromatic rings. The van der Waals surface area contributed by atoms with Crippen molar-refractivity contribution >= 4 is 44.3 Å². The van der Waals surface area contributed by atoms with E-state index >= 15 is 0 Å². The number of amidine groups is 1. The fraction of sp³-hybridized carbons (Fsp3) is 0.529. The lowest BCUT2D eigenvalue weighted by Crippen LogP contribution is -2.37. The number of benzene rings is 1. The average Bonchev–Trinajstić information content (AvgIpc) is 2.93. The van der Waals surface area contributed by atoms with Crippen LogP contribution in [0.2, 0.25) is 5.02 Å². The van der Waals surface area contributed by atoms with Gasteiger partial charge >= 0.3 is 0 Å². The third kappa shape index (κ3) is 4.38. The summed E-state index contributed by atoms with van der Waals surface area (Å²) in [7, 11) is -3.05. The second-order valence-electron chi connectivity index (χ2n) is 6.91. The molecule has 25 heavy (non-hydrogen) atoms. The number of carbonyl (C=O) groups is 1. The molecule has 0 N–H and O–H groups in total. The standard InChI is InChI=1S/C17H21ClN2O3S2/c1-11(2)7-16(21)19-17-20(8-12-5-3-4-6-13(12)18)14-9-25(22,23)10-15(14)24-17/h3-6,11,14-15H,7-10H2,1-2H3/t14-,15-/m1/s1. The van der Waals surface area contributed by atoms with E-state index in [0.29, 0.717) is 23.2 Å². The fourth-order valence-corrected chi connectivity index (χ4v) is 7.30. The molecule has 136 valence electrons. The van der Waals surface area contributed by atoms with E-state index in [9.17, 15) is 13.2 Å². The SMILES string of the molecule is CC(C)CC(=O)N=C1S[C@@H]2CS(=O)(=O)C[C@H]2N1Cc1ccccc1Cl. The third-order valence-corrected chi connectivity index (χ3v) is 7.89. The molecule has 5 nitrogen and oxygen atoms in total. The highest BCUT2D eigenvalue weighted by Crippen LogP contribution is 2.39. The van der Waals surface area contributed by atoms with Gasteiger partial charge in [-0.25, -0.2) is 8.42 Å². The molecular formula is C17H21ClN2O3S2. The molecule has 0 spiro atoms. The van der Waals surface area contributed by atoms with Crippen LogP contribution in [-0.4, -0.2) is 47.2 Å². The quantitative estimate of drug-likeness (QED) is 0.777. The summed E-state index contributed by atoms with van der Waals surface area (Å²) in [6.07, 6.45) is 0.387. The lowest BCUT2D eigenvalue weighted by Gasteiger charge is -2.25. The number of aliphatic imine (C=N–C) groups is 1. The Labute approximate surface area is 157 Å². The van der Waals surface area contributed by atoms with Gasteiger partial charge in [0.2, 0.25) is 5.91 Å². The Balaban J connectivity index is 1.88. The largest absolute Gasteiger partial charge is 0.342 e. The number of halogens is 1. The summed E-state index contributed by atoms with van der Waals surface area (Å²) in [4.78, 5) is 18.4. The maximum Gasteiger partial charge on any atom is 0.248 e. The molecule has 2 heterocycles. The van der Waals surface area contributed by atoms with E-state index in [-0.39, 0.29) is 34.6 Å². The van der Waals surface area contributed by atoms with Gasteiger partial charge in [0.1, 0.15) is 0 Å². The van der Waals surface area contributed by atoms with Crippen LogP contribution < -0.4 is 0 Å². The molecule has 8 heteroatoms. The monoisotopic (exact) mass is 400 g/mol. The second kappa shape index (κ2) is 7.29. The van der Waals surface area contributed by atoms with Gasteiger partial charge in [0.05, 0.1) is 17.5 Å². The molecular weight excluding hydrogens is 380 g/mol. The molecule has 0 saturated carbocycles. The molecule has 0 radical (unpaired) electrons. The highest BCUT2D eigenvalue weighted by molar-refractivity contribution is 8.15. The van der Waals surface area contributed by atoms with E-state index in [1.54, 1.807) is 0 Å². The van der Waals surface area contributed by atoms with E-state index < -0.39 is 9.84 Å². The topological polar surface area (TPSA) is 66.8 Å². The van der Waals surface area contributed by atoms with Crippen molar-refractivity contribution < 1.29 is 13.2 Å². The maximum atomic E-state index is 12.1. The number of rotatable bonds is 4. The van der Waals surface area contributed by atoms with Crippen molar-refractivity contribution in [3.63, 3.8) is 0 Å². The van der Waals surface area contributed by atoms with Crippen molar-refractivity contribution in [1.82, 2.24) is 4.90 Å². The van der Waals surface area contributed by atoms with Crippen molar-refractivity contribution in [3.05, 3.63) is 34.9 Å². The molecule has 0 aliphatic carbocycles. The Morgan fingerprint density at radius 2 is 2.08 bits per heavy atom. The molecule has 2 atom stereocenters. The zero-order valence-corrected chi connectivity index (χ0v) is 16.6. The van der Waals surface area contributed by atoms with Gasteiger partial charge in [-0.15, -0.1) is 0 Å². The smallest absolute Gasteiger partial charge is 0.248 e. The predicted octanol–water partition coefficient (Wildman–Crippen LogP) is 2.98. The van der Waals surface area contributed by atoms with Crippen molar-refractivity contribution in [2.75, 3.05) is 11.5 Å². The highest BCUT2D eigenvalue weighted by atomic mass is 35.5. The summed E-state index contributed by atoms with van der Waals surface area (Å²) < 4.78 is 24.0. The first kappa shape index (κ1) is 18.7.